The minimum atomic E-state index is -0.286. The van der Waals surface area contributed by atoms with Gasteiger partial charge in [0.05, 0.1) is 5.69 Å². The first-order chi connectivity index (χ1) is 12.6. The molecule has 0 aliphatic carbocycles. The number of benzene rings is 2. The summed E-state index contributed by atoms with van der Waals surface area (Å²) < 4.78 is 13.7. The van der Waals surface area contributed by atoms with Crippen LogP contribution in [-0.2, 0) is 19.5 Å². The second-order valence-corrected chi connectivity index (χ2v) is 7.08. The van der Waals surface area contributed by atoms with Crippen LogP contribution in [0.25, 0.3) is 11.4 Å². The first-order valence-corrected chi connectivity index (χ1v) is 9.05. The molecular formula is C21H19ClFN3. The highest BCUT2D eigenvalue weighted by molar-refractivity contribution is 6.30. The number of nitrogens with zero attached hydrogens (tertiary/aromatic N) is 3. The molecule has 5 heteroatoms. The van der Waals surface area contributed by atoms with Crippen molar-refractivity contribution < 1.29 is 4.39 Å². The summed E-state index contributed by atoms with van der Waals surface area (Å²) in [7, 11) is 0. The second kappa shape index (κ2) is 7.14. The van der Waals surface area contributed by atoms with Gasteiger partial charge < -0.3 is 0 Å². The lowest BCUT2D eigenvalue weighted by atomic mass is 10.1. The van der Waals surface area contributed by atoms with Gasteiger partial charge in [-0.1, -0.05) is 41.9 Å². The fourth-order valence-corrected chi connectivity index (χ4v) is 3.65. The Morgan fingerprint density at radius 3 is 2.69 bits per heavy atom. The van der Waals surface area contributed by atoms with Gasteiger partial charge in [0.25, 0.3) is 0 Å². The van der Waals surface area contributed by atoms with Crippen molar-refractivity contribution in [1.82, 2.24) is 14.9 Å². The molecule has 3 nitrogen and oxygen atoms in total. The average molecular weight is 368 g/mol. The van der Waals surface area contributed by atoms with E-state index >= 15 is 0 Å². The van der Waals surface area contributed by atoms with Gasteiger partial charge in [-0.25, -0.2) is 14.4 Å². The molecule has 0 unspecified atom stereocenters. The molecule has 26 heavy (non-hydrogen) atoms. The van der Waals surface area contributed by atoms with E-state index in [0.717, 1.165) is 42.9 Å². The molecule has 1 aromatic heterocycles. The van der Waals surface area contributed by atoms with Gasteiger partial charge in [0.15, 0.2) is 5.82 Å². The molecule has 1 aliphatic rings. The number of aryl methyl sites for hydroxylation is 1. The standard InChI is InChI=1S/C21H19ClFN3/c1-14-9-16(11-17(23)10-14)21-24-19-7-8-26(13-18(19)20(22)25-21)12-15-5-3-2-4-6-15/h2-6,9-11H,7-8,12-13H2,1H3. The SMILES string of the molecule is Cc1cc(F)cc(-c2nc(Cl)c3c(n2)CCN(Cc2ccccc2)C3)c1. The van der Waals surface area contributed by atoms with E-state index in [1.54, 1.807) is 0 Å². The van der Waals surface area contributed by atoms with E-state index in [0.29, 0.717) is 16.5 Å². The molecule has 4 rings (SSSR count). The van der Waals surface area contributed by atoms with Crippen LogP contribution in [0, 0.1) is 12.7 Å². The van der Waals surface area contributed by atoms with E-state index in [1.807, 2.05) is 19.1 Å². The van der Waals surface area contributed by atoms with Crippen molar-refractivity contribution in [3.8, 4) is 11.4 Å². The summed E-state index contributed by atoms with van der Waals surface area (Å²) in [4.78, 5) is 11.5. The molecule has 0 saturated heterocycles. The zero-order valence-electron chi connectivity index (χ0n) is 14.5. The minimum Gasteiger partial charge on any atom is -0.294 e. The molecule has 2 aromatic carbocycles. The zero-order chi connectivity index (χ0) is 18.1. The maximum Gasteiger partial charge on any atom is 0.161 e. The smallest absolute Gasteiger partial charge is 0.161 e. The van der Waals surface area contributed by atoms with Crippen molar-refractivity contribution in [3.63, 3.8) is 0 Å². The third-order valence-electron chi connectivity index (χ3n) is 4.64. The maximum absolute atomic E-state index is 13.7. The molecule has 0 fully saturated rings. The van der Waals surface area contributed by atoms with Gasteiger partial charge in [-0.15, -0.1) is 0 Å². The molecule has 3 aromatic rings. The molecule has 0 spiro atoms. The highest BCUT2D eigenvalue weighted by Gasteiger charge is 2.22. The van der Waals surface area contributed by atoms with Gasteiger partial charge in [-0.05, 0) is 36.2 Å². The number of hydrogen-bond donors (Lipinski definition) is 0. The van der Waals surface area contributed by atoms with Gasteiger partial charge in [-0.2, -0.15) is 0 Å². The largest absolute Gasteiger partial charge is 0.294 e. The van der Waals surface area contributed by atoms with Crippen LogP contribution in [0.1, 0.15) is 22.4 Å². The molecule has 1 aliphatic heterocycles. The van der Waals surface area contributed by atoms with Crippen LogP contribution in [0.5, 0.6) is 0 Å². The summed E-state index contributed by atoms with van der Waals surface area (Å²) in [6.07, 6.45) is 0.811. The van der Waals surface area contributed by atoms with E-state index in [2.05, 4.69) is 39.1 Å². The van der Waals surface area contributed by atoms with Gasteiger partial charge in [0.2, 0.25) is 0 Å². The van der Waals surface area contributed by atoms with Gasteiger partial charge >= 0.3 is 0 Å². The predicted octanol–water partition coefficient (Wildman–Crippen LogP) is 4.80. The number of rotatable bonds is 3. The van der Waals surface area contributed by atoms with Gasteiger partial charge in [0, 0.05) is 37.2 Å². The summed E-state index contributed by atoms with van der Waals surface area (Å²) in [5, 5.41) is 0.463. The van der Waals surface area contributed by atoms with Crippen molar-refractivity contribution in [2.75, 3.05) is 6.54 Å². The summed E-state index contributed by atoms with van der Waals surface area (Å²) in [6.45, 7) is 4.37. The fourth-order valence-electron chi connectivity index (χ4n) is 3.40. The first kappa shape index (κ1) is 17.1. The lowest BCUT2D eigenvalue weighted by molar-refractivity contribution is 0.243. The third-order valence-corrected chi connectivity index (χ3v) is 4.95. The highest BCUT2D eigenvalue weighted by atomic mass is 35.5. The lowest BCUT2D eigenvalue weighted by Gasteiger charge is -2.28. The van der Waals surface area contributed by atoms with Crippen molar-refractivity contribution in [3.05, 3.63) is 81.9 Å². The van der Waals surface area contributed by atoms with Gasteiger partial charge in [0.1, 0.15) is 11.0 Å². The van der Waals surface area contributed by atoms with E-state index in [4.69, 9.17) is 11.6 Å². The maximum atomic E-state index is 13.7. The van der Waals surface area contributed by atoms with Crippen LogP contribution in [0.4, 0.5) is 4.39 Å². The molecule has 0 amide bonds. The Balaban J connectivity index is 1.61. The Labute approximate surface area is 157 Å². The topological polar surface area (TPSA) is 29.0 Å². The molecular weight excluding hydrogens is 349 g/mol. The third kappa shape index (κ3) is 3.62. The summed E-state index contributed by atoms with van der Waals surface area (Å²) in [5.74, 6) is 0.208. The van der Waals surface area contributed by atoms with Crippen molar-refractivity contribution >= 4 is 11.6 Å². The zero-order valence-corrected chi connectivity index (χ0v) is 15.3. The molecule has 0 N–H and O–H groups in total. The van der Waals surface area contributed by atoms with Crippen molar-refractivity contribution in [1.29, 1.82) is 0 Å². The summed E-state index contributed by atoms with van der Waals surface area (Å²) >= 11 is 6.47. The lowest BCUT2D eigenvalue weighted by Crippen LogP contribution is -2.31. The molecule has 132 valence electrons. The Kier molecular flexibility index (Phi) is 4.70. The highest BCUT2D eigenvalue weighted by Crippen LogP contribution is 2.28. The van der Waals surface area contributed by atoms with Crippen LogP contribution >= 0.6 is 11.6 Å². The Morgan fingerprint density at radius 1 is 1.12 bits per heavy atom. The Morgan fingerprint density at radius 2 is 1.92 bits per heavy atom. The summed E-state index contributed by atoms with van der Waals surface area (Å²) in [5.41, 5.74) is 4.72. The normalized spacial score (nSPS) is 14.3. The Hall–Kier alpha value is -2.30. The first-order valence-electron chi connectivity index (χ1n) is 8.67. The van der Waals surface area contributed by atoms with E-state index in [1.165, 1.54) is 17.7 Å². The monoisotopic (exact) mass is 367 g/mol. The minimum absolute atomic E-state index is 0.286. The van der Waals surface area contributed by atoms with Crippen molar-refractivity contribution in [2.24, 2.45) is 0 Å². The second-order valence-electron chi connectivity index (χ2n) is 6.73. The quantitative estimate of drug-likeness (QED) is 0.622. The molecule has 0 radical (unpaired) electrons. The average Bonchev–Trinajstić information content (AvgIpc) is 2.62. The van der Waals surface area contributed by atoms with Gasteiger partial charge in [-0.3, -0.25) is 4.90 Å². The van der Waals surface area contributed by atoms with Crippen LogP contribution in [-0.4, -0.2) is 21.4 Å². The van der Waals surface area contributed by atoms with E-state index < -0.39 is 0 Å². The number of aromatic nitrogens is 2. The number of hydrogen-bond acceptors (Lipinski definition) is 3. The molecule has 0 atom stereocenters. The Bertz CT molecular complexity index is 923. The van der Waals surface area contributed by atoms with E-state index in [-0.39, 0.29) is 5.82 Å². The molecule has 2 heterocycles. The molecule has 0 saturated carbocycles. The number of fused-ring (bicyclic) bond motifs is 1. The van der Waals surface area contributed by atoms with Crippen LogP contribution in [0.3, 0.4) is 0 Å². The predicted molar refractivity (Wildman–Crippen MR) is 101 cm³/mol. The summed E-state index contributed by atoms with van der Waals surface area (Å²) in [6, 6.07) is 15.2. The fraction of sp³-hybridized carbons (Fsp3) is 0.238. The molecule has 0 bridgehead atoms. The van der Waals surface area contributed by atoms with Crippen LogP contribution in [0.15, 0.2) is 48.5 Å². The van der Waals surface area contributed by atoms with Crippen molar-refractivity contribution in [2.45, 2.75) is 26.4 Å². The van der Waals surface area contributed by atoms with Crippen LogP contribution < -0.4 is 0 Å². The van der Waals surface area contributed by atoms with Crippen LogP contribution in [0.2, 0.25) is 5.15 Å². The van der Waals surface area contributed by atoms with E-state index in [9.17, 15) is 4.39 Å². The number of halogens is 2.